The molecule has 0 atom stereocenters. The molecular weight excluding hydrogens is 254 g/mol. The highest BCUT2D eigenvalue weighted by molar-refractivity contribution is 5.96. The van der Waals surface area contributed by atoms with Crippen LogP contribution in [0.15, 0.2) is 48.7 Å². The van der Waals surface area contributed by atoms with Crippen LogP contribution in [0.25, 0.3) is 11.3 Å². The molecule has 2 amide bonds. The van der Waals surface area contributed by atoms with E-state index in [4.69, 9.17) is 5.73 Å². The largest absolute Gasteiger partial charge is 0.368 e. The van der Waals surface area contributed by atoms with Crippen LogP contribution in [0.1, 0.15) is 10.4 Å². The number of hydrogen-bond donors (Lipinski definition) is 1. The molecule has 0 spiro atoms. The molecule has 2 rings (SSSR count). The van der Waals surface area contributed by atoms with Crippen LogP contribution in [0, 0.1) is 0 Å². The first-order valence-electron chi connectivity index (χ1n) is 6.13. The SMILES string of the molecule is CN(CC(N)=O)C(=O)c1ccc(-c2ccccn2)cc1. The van der Waals surface area contributed by atoms with Crippen LogP contribution < -0.4 is 5.73 Å². The van der Waals surface area contributed by atoms with Crippen LogP contribution >= 0.6 is 0 Å². The Balaban J connectivity index is 2.16. The summed E-state index contributed by atoms with van der Waals surface area (Å²) in [5.41, 5.74) is 7.35. The maximum absolute atomic E-state index is 12.0. The molecule has 0 unspecified atom stereocenters. The van der Waals surface area contributed by atoms with E-state index in [2.05, 4.69) is 4.98 Å². The first-order valence-corrected chi connectivity index (χ1v) is 6.13. The van der Waals surface area contributed by atoms with Crippen molar-refractivity contribution in [1.82, 2.24) is 9.88 Å². The van der Waals surface area contributed by atoms with E-state index in [1.807, 2.05) is 30.3 Å². The van der Waals surface area contributed by atoms with Gasteiger partial charge in [-0.2, -0.15) is 0 Å². The normalized spacial score (nSPS) is 10.1. The van der Waals surface area contributed by atoms with Crippen molar-refractivity contribution in [2.75, 3.05) is 13.6 Å². The molecule has 1 aromatic carbocycles. The Bertz CT molecular complexity index is 609. The topological polar surface area (TPSA) is 76.3 Å². The number of nitrogens with two attached hydrogens (primary N) is 1. The highest BCUT2D eigenvalue weighted by Crippen LogP contribution is 2.17. The summed E-state index contributed by atoms with van der Waals surface area (Å²) in [6.07, 6.45) is 1.72. The predicted octanol–water partition coefficient (Wildman–Crippen LogP) is 1.31. The first-order chi connectivity index (χ1) is 9.58. The van der Waals surface area contributed by atoms with Crippen molar-refractivity contribution < 1.29 is 9.59 Å². The summed E-state index contributed by atoms with van der Waals surface area (Å²) in [7, 11) is 1.54. The molecule has 5 nitrogen and oxygen atoms in total. The molecule has 0 saturated heterocycles. The highest BCUT2D eigenvalue weighted by Gasteiger charge is 2.13. The fraction of sp³-hybridized carbons (Fsp3) is 0.133. The Labute approximate surface area is 117 Å². The molecule has 1 heterocycles. The summed E-state index contributed by atoms with van der Waals surface area (Å²) in [5.74, 6) is -0.776. The second-order valence-corrected chi connectivity index (χ2v) is 4.42. The second-order valence-electron chi connectivity index (χ2n) is 4.42. The number of carbonyl (C=O) groups excluding carboxylic acids is 2. The van der Waals surface area contributed by atoms with Gasteiger partial charge in [-0.05, 0) is 24.3 Å². The lowest BCUT2D eigenvalue weighted by Crippen LogP contribution is -2.35. The number of aromatic nitrogens is 1. The van der Waals surface area contributed by atoms with Crippen molar-refractivity contribution in [3.8, 4) is 11.3 Å². The Morgan fingerprint density at radius 3 is 2.40 bits per heavy atom. The molecule has 0 bridgehead atoms. The van der Waals surface area contributed by atoms with Gasteiger partial charge in [0.25, 0.3) is 5.91 Å². The lowest BCUT2D eigenvalue weighted by molar-refractivity contribution is -0.118. The van der Waals surface area contributed by atoms with Crippen molar-refractivity contribution in [2.24, 2.45) is 5.73 Å². The van der Waals surface area contributed by atoms with E-state index in [1.165, 1.54) is 4.90 Å². The zero-order chi connectivity index (χ0) is 14.5. The zero-order valence-corrected chi connectivity index (χ0v) is 11.1. The lowest BCUT2D eigenvalue weighted by atomic mass is 10.1. The number of amides is 2. The van der Waals surface area contributed by atoms with Gasteiger partial charge >= 0.3 is 0 Å². The van der Waals surface area contributed by atoms with E-state index in [0.29, 0.717) is 5.56 Å². The number of primary amides is 1. The zero-order valence-electron chi connectivity index (χ0n) is 11.1. The molecule has 0 saturated carbocycles. The minimum atomic E-state index is -0.536. The first kappa shape index (κ1) is 13.7. The van der Waals surface area contributed by atoms with E-state index in [-0.39, 0.29) is 12.5 Å². The molecular formula is C15H15N3O2. The predicted molar refractivity (Wildman–Crippen MR) is 75.8 cm³/mol. The Morgan fingerprint density at radius 1 is 1.15 bits per heavy atom. The maximum atomic E-state index is 12.0. The van der Waals surface area contributed by atoms with Gasteiger partial charge in [0.05, 0.1) is 12.2 Å². The third kappa shape index (κ3) is 3.20. The van der Waals surface area contributed by atoms with Crippen LogP contribution in [-0.4, -0.2) is 35.3 Å². The quantitative estimate of drug-likeness (QED) is 0.909. The molecule has 1 aromatic heterocycles. The molecule has 5 heteroatoms. The standard InChI is InChI=1S/C15H15N3O2/c1-18(10-14(16)19)15(20)12-7-5-11(6-8-12)13-4-2-3-9-17-13/h2-9H,10H2,1H3,(H2,16,19). The number of benzene rings is 1. The molecule has 0 aliphatic rings. The van der Waals surface area contributed by atoms with E-state index in [9.17, 15) is 9.59 Å². The van der Waals surface area contributed by atoms with E-state index < -0.39 is 5.91 Å². The number of carbonyl (C=O) groups is 2. The summed E-state index contributed by atoms with van der Waals surface area (Å²) in [4.78, 5) is 28.4. The fourth-order valence-electron chi connectivity index (χ4n) is 1.84. The van der Waals surface area contributed by atoms with Gasteiger partial charge in [-0.15, -0.1) is 0 Å². The van der Waals surface area contributed by atoms with Gasteiger partial charge in [0.15, 0.2) is 0 Å². The van der Waals surface area contributed by atoms with Gasteiger partial charge < -0.3 is 10.6 Å². The monoisotopic (exact) mass is 269 g/mol. The van der Waals surface area contributed by atoms with Crippen LogP contribution in [0.5, 0.6) is 0 Å². The molecule has 2 N–H and O–H groups in total. The smallest absolute Gasteiger partial charge is 0.254 e. The number of pyridine rings is 1. The number of hydrogen-bond acceptors (Lipinski definition) is 3. The highest BCUT2D eigenvalue weighted by atomic mass is 16.2. The van der Waals surface area contributed by atoms with E-state index in [0.717, 1.165) is 11.3 Å². The molecule has 0 aliphatic heterocycles. The van der Waals surface area contributed by atoms with Gasteiger partial charge in [0, 0.05) is 24.4 Å². The van der Waals surface area contributed by atoms with Crippen molar-refractivity contribution in [1.29, 1.82) is 0 Å². The molecule has 20 heavy (non-hydrogen) atoms. The van der Waals surface area contributed by atoms with Gasteiger partial charge in [0.2, 0.25) is 5.91 Å². The molecule has 0 radical (unpaired) electrons. The van der Waals surface area contributed by atoms with Crippen LogP contribution in [0.2, 0.25) is 0 Å². The summed E-state index contributed by atoms with van der Waals surface area (Å²) in [6.45, 7) is -0.0964. The Morgan fingerprint density at radius 2 is 1.85 bits per heavy atom. The van der Waals surface area contributed by atoms with Gasteiger partial charge in [0.1, 0.15) is 0 Å². The van der Waals surface area contributed by atoms with Crippen LogP contribution in [0.3, 0.4) is 0 Å². The maximum Gasteiger partial charge on any atom is 0.254 e. The molecule has 0 aliphatic carbocycles. The van der Waals surface area contributed by atoms with Crippen LogP contribution in [-0.2, 0) is 4.79 Å². The number of rotatable bonds is 4. The average Bonchev–Trinajstić information content (AvgIpc) is 2.47. The lowest BCUT2D eigenvalue weighted by Gasteiger charge is -2.15. The number of likely N-dealkylation sites (N-methyl/N-ethyl adjacent to an activating group) is 1. The minimum Gasteiger partial charge on any atom is -0.368 e. The van der Waals surface area contributed by atoms with Gasteiger partial charge in [-0.3, -0.25) is 14.6 Å². The second kappa shape index (κ2) is 5.97. The Kier molecular flexibility index (Phi) is 4.10. The molecule has 2 aromatic rings. The summed E-state index contributed by atoms with van der Waals surface area (Å²) in [6, 6.07) is 12.7. The molecule has 0 fully saturated rings. The van der Waals surface area contributed by atoms with Crippen molar-refractivity contribution in [3.05, 3.63) is 54.2 Å². The average molecular weight is 269 g/mol. The summed E-state index contributed by atoms with van der Waals surface area (Å²) >= 11 is 0. The fourth-order valence-corrected chi connectivity index (χ4v) is 1.84. The third-order valence-corrected chi connectivity index (χ3v) is 2.83. The van der Waals surface area contributed by atoms with Crippen molar-refractivity contribution in [3.63, 3.8) is 0 Å². The summed E-state index contributed by atoms with van der Waals surface area (Å²) in [5, 5.41) is 0. The summed E-state index contributed by atoms with van der Waals surface area (Å²) < 4.78 is 0. The minimum absolute atomic E-state index is 0.0964. The number of nitrogens with zero attached hydrogens (tertiary/aromatic N) is 2. The third-order valence-electron chi connectivity index (χ3n) is 2.83. The van der Waals surface area contributed by atoms with Gasteiger partial charge in [-0.25, -0.2) is 0 Å². The van der Waals surface area contributed by atoms with E-state index in [1.54, 1.807) is 25.4 Å². The Hall–Kier alpha value is -2.69. The molecule has 102 valence electrons. The van der Waals surface area contributed by atoms with Crippen molar-refractivity contribution >= 4 is 11.8 Å². The van der Waals surface area contributed by atoms with Gasteiger partial charge in [-0.1, -0.05) is 18.2 Å². The van der Waals surface area contributed by atoms with Crippen molar-refractivity contribution in [2.45, 2.75) is 0 Å². The van der Waals surface area contributed by atoms with Crippen LogP contribution in [0.4, 0.5) is 0 Å². The van der Waals surface area contributed by atoms with E-state index >= 15 is 0 Å².